The Hall–Kier alpha value is 1.46. The first-order valence-corrected chi connectivity index (χ1v) is 1.50. The molecular weight excluding hydrogens is 192 g/mol. The van der Waals surface area contributed by atoms with Crippen LogP contribution >= 0.6 is 0 Å². The van der Waals surface area contributed by atoms with Gasteiger partial charge in [-0.3, -0.25) is 0 Å². The minimum absolute atomic E-state index is 0. The van der Waals surface area contributed by atoms with Gasteiger partial charge in [0.15, 0.2) is 0 Å². The fourth-order valence-corrected chi connectivity index (χ4v) is 0. The molecule has 0 N–H and O–H groups in total. The van der Waals surface area contributed by atoms with Crippen molar-refractivity contribution in [3.8, 4) is 0 Å². The van der Waals surface area contributed by atoms with E-state index >= 15 is 0 Å². The first kappa shape index (κ1) is 17.9. The minimum atomic E-state index is 0. The van der Waals surface area contributed by atoms with E-state index in [0.29, 0.717) is 0 Å². The van der Waals surface area contributed by atoms with Crippen LogP contribution in [0.15, 0.2) is 0 Å². The zero-order valence-corrected chi connectivity index (χ0v) is 7.10. The summed E-state index contributed by atoms with van der Waals surface area (Å²) in [5.41, 5.74) is 0. The molecule has 0 aromatic heterocycles. The average Bonchev–Trinajstić information content (AvgIpc) is 1.00. The van der Waals surface area contributed by atoms with Gasteiger partial charge in [0.1, 0.15) is 0 Å². The molecule has 21 valence electrons. The molecule has 0 bridgehead atoms. The van der Waals surface area contributed by atoms with Gasteiger partial charge in [-0.05, 0) is 0 Å². The third kappa shape index (κ3) is 9.82. The van der Waals surface area contributed by atoms with Gasteiger partial charge in [0.2, 0.25) is 0 Å². The molecule has 0 heterocycles. The predicted octanol–water partition coefficient (Wildman–Crippen LogP) is -0.126. The Balaban J connectivity index is -0.00000000500. The summed E-state index contributed by atoms with van der Waals surface area (Å²) in [6.45, 7) is 0. The van der Waals surface area contributed by atoms with Crippen LogP contribution in [0.1, 0.15) is 0 Å². The van der Waals surface area contributed by atoms with Crippen molar-refractivity contribution in [3.05, 3.63) is 0 Å². The van der Waals surface area contributed by atoms with E-state index in [1.165, 1.54) is 0 Å². The second-order valence-electron chi connectivity index (χ2n) is 0. The summed E-state index contributed by atoms with van der Waals surface area (Å²) in [6.07, 6.45) is 0. The quantitative estimate of drug-likeness (QED) is 0.489. The molecule has 1 radical (unpaired) electrons. The third-order valence-corrected chi connectivity index (χ3v) is 0. The number of hydrogen-bond acceptors (Lipinski definition) is 1. The van der Waals surface area contributed by atoms with Crippen LogP contribution < -0.4 is 0 Å². The van der Waals surface area contributed by atoms with Crippen LogP contribution in [0.3, 0.4) is 0 Å². The summed E-state index contributed by atoms with van der Waals surface area (Å²) >= 11 is 0.125. The van der Waals surface area contributed by atoms with Crippen molar-refractivity contribution in [2.75, 3.05) is 0 Å². The molecule has 4 heavy (non-hydrogen) atoms. The van der Waals surface area contributed by atoms with Gasteiger partial charge in [0, 0.05) is 17.1 Å². The second-order valence-corrected chi connectivity index (χ2v) is 0. The van der Waals surface area contributed by atoms with Crippen molar-refractivity contribution in [2.24, 2.45) is 0 Å². The molecule has 0 rings (SSSR count). The van der Waals surface area contributed by atoms with Gasteiger partial charge < -0.3 is 0 Å². The Bertz CT molecular complexity index is 8.00. The van der Waals surface area contributed by atoms with Crippen LogP contribution in [0.2, 0.25) is 0 Å². The van der Waals surface area contributed by atoms with Crippen LogP contribution in [-0.2, 0) is 56.0 Å². The summed E-state index contributed by atoms with van der Waals surface area (Å²) in [4.78, 5) is 0. The van der Waals surface area contributed by atoms with Crippen LogP contribution in [0.4, 0.5) is 0 Å². The predicted molar refractivity (Wildman–Crippen MR) is 0.686 cm³/mol. The van der Waals surface area contributed by atoms with E-state index in [0.717, 1.165) is 0 Å². The van der Waals surface area contributed by atoms with E-state index in [1.54, 1.807) is 0 Å². The Morgan fingerprint density at radius 2 is 1.25 bits per heavy atom. The fourth-order valence-electron chi connectivity index (χ4n) is 0. The monoisotopic (exact) mass is 191 g/mol. The topological polar surface area (TPSA) is 17.1 Å². The first-order chi connectivity index (χ1) is 1.00. The molecule has 0 spiro atoms. The SMILES string of the molecule is [Fe].[Mn+2].[O]=[Zn]. The Morgan fingerprint density at radius 3 is 1.25 bits per heavy atom. The number of hydrogen-bond donors (Lipinski definition) is 0. The third-order valence-electron chi connectivity index (χ3n) is 0. The molecule has 4 heteroatoms. The molecule has 0 aromatic carbocycles. The van der Waals surface area contributed by atoms with E-state index in [2.05, 4.69) is 0 Å². The molecule has 0 unspecified atom stereocenters. The summed E-state index contributed by atoms with van der Waals surface area (Å²) in [7, 11) is 0. The summed E-state index contributed by atoms with van der Waals surface area (Å²) in [5, 5.41) is 0. The molecule has 0 aliphatic heterocycles. The average molecular weight is 192 g/mol. The van der Waals surface area contributed by atoms with Crippen molar-refractivity contribution < 1.29 is 56.0 Å². The van der Waals surface area contributed by atoms with Gasteiger partial charge in [-0.1, -0.05) is 0 Å². The molecule has 0 aliphatic carbocycles. The number of rotatable bonds is 0. The van der Waals surface area contributed by atoms with Gasteiger partial charge in [0.05, 0.1) is 0 Å². The first-order valence-electron chi connectivity index (χ1n) is 0.289. The van der Waals surface area contributed by atoms with Gasteiger partial charge in [-0.15, -0.1) is 0 Å². The maximum absolute atomic E-state index is 8.38. The molecule has 1 nitrogen and oxygen atoms in total. The van der Waals surface area contributed by atoms with Crippen molar-refractivity contribution in [3.63, 3.8) is 0 Å². The Morgan fingerprint density at radius 1 is 1.25 bits per heavy atom. The summed E-state index contributed by atoms with van der Waals surface area (Å²) in [6, 6.07) is 0. The van der Waals surface area contributed by atoms with Gasteiger partial charge in [-0.2, -0.15) is 0 Å². The zero-order valence-electron chi connectivity index (χ0n) is 1.85. The van der Waals surface area contributed by atoms with Gasteiger partial charge >= 0.3 is 38.9 Å². The van der Waals surface area contributed by atoms with E-state index in [4.69, 9.17) is 3.57 Å². The van der Waals surface area contributed by atoms with Gasteiger partial charge in [0.25, 0.3) is 0 Å². The molecular formula is FeMnOZn+2. The van der Waals surface area contributed by atoms with Crippen molar-refractivity contribution in [2.45, 2.75) is 0 Å². The van der Waals surface area contributed by atoms with E-state index in [1.807, 2.05) is 0 Å². The molecule has 0 aliphatic rings. The van der Waals surface area contributed by atoms with E-state index < -0.39 is 0 Å². The molecule has 0 saturated carbocycles. The molecule has 0 saturated heterocycles. The molecule has 0 amide bonds. The van der Waals surface area contributed by atoms with Crippen molar-refractivity contribution >= 4 is 0 Å². The maximum atomic E-state index is 8.38. The van der Waals surface area contributed by atoms with Crippen molar-refractivity contribution in [1.82, 2.24) is 0 Å². The Kier molecular flexibility index (Phi) is 112. The van der Waals surface area contributed by atoms with Crippen LogP contribution in [0.5, 0.6) is 0 Å². The van der Waals surface area contributed by atoms with Crippen LogP contribution in [0.25, 0.3) is 0 Å². The van der Waals surface area contributed by atoms with Gasteiger partial charge in [-0.25, -0.2) is 0 Å². The molecule has 0 aromatic rings. The molecule has 0 fully saturated rings. The summed E-state index contributed by atoms with van der Waals surface area (Å²) in [5.74, 6) is 0. The van der Waals surface area contributed by atoms with E-state index in [-0.39, 0.29) is 52.4 Å². The summed E-state index contributed by atoms with van der Waals surface area (Å²) < 4.78 is 8.38. The standard InChI is InChI=1S/Fe.Mn.O.Zn/q;+2;;. The second kappa shape index (κ2) is 25.0. The van der Waals surface area contributed by atoms with E-state index in [9.17, 15) is 0 Å². The van der Waals surface area contributed by atoms with Crippen molar-refractivity contribution in [1.29, 1.82) is 0 Å². The fraction of sp³-hybridized carbons (Fsp3) is 0. The Labute approximate surface area is 55.8 Å². The van der Waals surface area contributed by atoms with Crippen LogP contribution in [-0.4, -0.2) is 0 Å². The van der Waals surface area contributed by atoms with Crippen LogP contribution in [0, 0.1) is 0 Å². The molecule has 0 atom stereocenters. The normalized spacial score (nSPS) is 1.50. The zero-order chi connectivity index (χ0) is 2.00.